The van der Waals surface area contributed by atoms with E-state index < -0.39 is 0 Å². The second-order valence-corrected chi connectivity index (χ2v) is 5.94. The van der Waals surface area contributed by atoms with Crippen molar-refractivity contribution in [1.29, 1.82) is 0 Å². The zero-order valence-corrected chi connectivity index (χ0v) is 11.8. The summed E-state index contributed by atoms with van der Waals surface area (Å²) in [6.45, 7) is 5.98. The number of nitrogens with two attached hydrogens (primary N) is 1. The first kappa shape index (κ1) is 13.2. The molecule has 18 heavy (non-hydrogen) atoms. The van der Waals surface area contributed by atoms with Crippen LogP contribution in [0.3, 0.4) is 0 Å². The van der Waals surface area contributed by atoms with Gasteiger partial charge in [0.05, 0.1) is 5.39 Å². The number of hydrogen-bond donors (Lipinski definition) is 2. The van der Waals surface area contributed by atoms with Crippen LogP contribution in [0.2, 0.25) is 0 Å². The highest BCUT2D eigenvalue weighted by atomic mass is 32.1. The molecule has 5 heteroatoms. The van der Waals surface area contributed by atoms with Gasteiger partial charge in [0.2, 0.25) is 0 Å². The van der Waals surface area contributed by atoms with Gasteiger partial charge in [0.1, 0.15) is 17.0 Å². The van der Waals surface area contributed by atoms with E-state index in [2.05, 4.69) is 35.2 Å². The van der Waals surface area contributed by atoms with Gasteiger partial charge >= 0.3 is 0 Å². The first-order valence-electron chi connectivity index (χ1n) is 6.35. The fourth-order valence-corrected chi connectivity index (χ4v) is 2.74. The maximum Gasteiger partial charge on any atom is 0.138 e. The third-order valence-electron chi connectivity index (χ3n) is 3.02. The molecule has 0 aromatic carbocycles. The van der Waals surface area contributed by atoms with Gasteiger partial charge in [-0.3, -0.25) is 0 Å². The first-order valence-corrected chi connectivity index (χ1v) is 7.17. The van der Waals surface area contributed by atoms with E-state index in [9.17, 15) is 0 Å². The van der Waals surface area contributed by atoms with Crippen LogP contribution in [-0.2, 0) is 0 Å². The van der Waals surface area contributed by atoms with Crippen LogP contribution in [0.4, 0.5) is 5.82 Å². The number of anilines is 1. The van der Waals surface area contributed by atoms with Crippen LogP contribution in [0.1, 0.15) is 24.6 Å². The molecule has 98 valence electrons. The SMILES string of the molecule is Cc1cc2c(NCCCC(C)CN)ncnc2s1. The lowest BCUT2D eigenvalue weighted by molar-refractivity contribution is 0.529. The molecule has 0 fully saturated rings. The van der Waals surface area contributed by atoms with Crippen molar-refractivity contribution in [3.05, 3.63) is 17.3 Å². The predicted molar refractivity (Wildman–Crippen MR) is 78.1 cm³/mol. The highest BCUT2D eigenvalue weighted by Crippen LogP contribution is 2.27. The van der Waals surface area contributed by atoms with E-state index in [4.69, 9.17) is 5.73 Å². The number of thiophene rings is 1. The molecule has 2 rings (SSSR count). The average molecular weight is 264 g/mol. The average Bonchev–Trinajstić information content (AvgIpc) is 2.75. The molecular formula is C13H20N4S. The fourth-order valence-electron chi connectivity index (χ4n) is 1.89. The summed E-state index contributed by atoms with van der Waals surface area (Å²) in [6, 6.07) is 2.14. The van der Waals surface area contributed by atoms with Crippen molar-refractivity contribution in [2.75, 3.05) is 18.4 Å². The third-order valence-corrected chi connectivity index (χ3v) is 3.98. The van der Waals surface area contributed by atoms with Crippen molar-refractivity contribution in [3.8, 4) is 0 Å². The molecule has 0 saturated carbocycles. The van der Waals surface area contributed by atoms with Gasteiger partial charge in [0.25, 0.3) is 0 Å². The molecule has 0 radical (unpaired) electrons. The second kappa shape index (κ2) is 6.11. The number of fused-ring (bicyclic) bond motifs is 1. The molecule has 2 heterocycles. The van der Waals surface area contributed by atoms with Crippen LogP contribution >= 0.6 is 11.3 Å². The topological polar surface area (TPSA) is 63.8 Å². The van der Waals surface area contributed by atoms with Crippen molar-refractivity contribution < 1.29 is 0 Å². The summed E-state index contributed by atoms with van der Waals surface area (Å²) < 4.78 is 0. The monoisotopic (exact) mass is 264 g/mol. The van der Waals surface area contributed by atoms with Gasteiger partial charge in [0, 0.05) is 11.4 Å². The zero-order valence-electron chi connectivity index (χ0n) is 10.9. The molecule has 4 nitrogen and oxygen atoms in total. The molecule has 0 bridgehead atoms. The Morgan fingerprint density at radius 2 is 2.28 bits per heavy atom. The normalized spacial score (nSPS) is 12.8. The summed E-state index contributed by atoms with van der Waals surface area (Å²) in [4.78, 5) is 10.9. The Kier molecular flexibility index (Phi) is 4.49. The van der Waals surface area contributed by atoms with E-state index in [1.54, 1.807) is 17.7 Å². The molecule has 0 spiro atoms. The molecule has 0 amide bonds. The fraction of sp³-hybridized carbons (Fsp3) is 0.538. The van der Waals surface area contributed by atoms with E-state index in [-0.39, 0.29) is 0 Å². The minimum Gasteiger partial charge on any atom is -0.369 e. The minimum atomic E-state index is 0.598. The number of hydrogen-bond acceptors (Lipinski definition) is 5. The molecular weight excluding hydrogens is 244 g/mol. The second-order valence-electron chi connectivity index (χ2n) is 4.71. The Morgan fingerprint density at radius 3 is 3.06 bits per heavy atom. The maximum atomic E-state index is 5.60. The largest absolute Gasteiger partial charge is 0.369 e. The Balaban J connectivity index is 1.95. The Morgan fingerprint density at radius 1 is 1.44 bits per heavy atom. The van der Waals surface area contributed by atoms with Crippen molar-refractivity contribution >= 4 is 27.4 Å². The van der Waals surface area contributed by atoms with Crippen LogP contribution < -0.4 is 11.1 Å². The standard InChI is InChI=1S/C13H20N4S/c1-9(7-14)4-3-5-15-12-11-6-10(2)18-13(11)17-8-16-12/h6,8-9H,3-5,7,14H2,1-2H3,(H,15,16,17). The van der Waals surface area contributed by atoms with Gasteiger partial charge in [0.15, 0.2) is 0 Å². The molecule has 1 unspecified atom stereocenters. The third kappa shape index (κ3) is 3.17. The quantitative estimate of drug-likeness (QED) is 0.787. The number of nitrogens with one attached hydrogen (secondary N) is 1. The van der Waals surface area contributed by atoms with Crippen LogP contribution in [0.25, 0.3) is 10.2 Å². The number of nitrogens with zero attached hydrogens (tertiary/aromatic N) is 2. The summed E-state index contributed by atoms with van der Waals surface area (Å²) >= 11 is 1.71. The van der Waals surface area contributed by atoms with Crippen LogP contribution in [-0.4, -0.2) is 23.1 Å². The summed E-state index contributed by atoms with van der Waals surface area (Å²) in [5.74, 6) is 1.55. The van der Waals surface area contributed by atoms with Crippen LogP contribution in [0.5, 0.6) is 0 Å². The van der Waals surface area contributed by atoms with E-state index in [1.807, 2.05) is 0 Å². The van der Waals surface area contributed by atoms with E-state index >= 15 is 0 Å². The summed E-state index contributed by atoms with van der Waals surface area (Å²) in [6.07, 6.45) is 3.90. The summed E-state index contributed by atoms with van der Waals surface area (Å²) in [5.41, 5.74) is 5.60. The van der Waals surface area contributed by atoms with E-state index in [0.29, 0.717) is 5.92 Å². The zero-order chi connectivity index (χ0) is 13.0. The number of aromatic nitrogens is 2. The van der Waals surface area contributed by atoms with Gasteiger partial charge in [-0.15, -0.1) is 11.3 Å². The number of aryl methyl sites for hydroxylation is 1. The van der Waals surface area contributed by atoms with Gasteiger partial charge in [-0.25, -0.2) is 9.97 Å². The van der Waals surface area contributed by atoms with E-state index in [0.717, 1.165) is 42.0 Å². The van der Waals surface area contributed by atoms with Crippen molar-refractivity contribution in [3.63, 3.8) is 0 Å². The Bertz CT molecular complexity index is 509. The first-order chi connectivity index (χ1) is 8.70. The van der Waals surface area contributed by atoms with Gasteiger partial charge in [-0.2, -0.15) is 0 Å². The predicted octanol–water partition coefficient (Wildman–Crippen LogP) is 2.79. The lowest BCUT2D eigenvalue weighted by atomic mass is 10.1. The highest BCUT2D eigenvalue weighted by Gasteiger charge is 2.06. The van der Waals surface area contributed by atoms with Crippen LogP contribution in [0.15, 0.2) is 12.4 Å². The molecule has 0 aliphatic heterocycles. The maximum absolute atomic E-state index is 5.60. The molecule has 0 aliphatic carbocycles. The van der Waals surface area contributed by atoms with Crippen molar-refractivity contribution in [2.45, 2.75) is 26.7 Å². The summed E-state index contributed by atoms with van der Waals surface area (Å²) in [7, 11) is 0. The van der Waals surface area contributed by atoms with Gasteiger partial charge < -0.3 is 11.1 Å². The minimum absolute atomic E-state index is 0.598. The highest BCUT2D eigenvalue weighted by molar-refractivity contribution is 7.18. The number of rotatable bonds is 6. The lowest BCUT2D eigenvalue weighted by Crippen LogP contribution is -2.12. The smallest absolute Gasteiger partial charge is 0.138 e. The molecule has 3 N–H and O–H groups in total. The van der Waals surface area contributed by atoms with E-state index in [1.165, 1.54) is 4.88 Å². The lowest BCUT2D eigenvalue weighted by Gasteiger charge is -2.09. The molecule has 2 aromatic heterocycles. The molecule has 2 aromatic rings. The molecule has 1 atom stereocenters. The van der Waals surface area contributed by atoms with Gasteiger partial charge in [-0.1, -0.05) is 6.92 Å². The molecule has 0 aliphatic rings. The van der Waals surface area contributed by atoms with Crippen molar-refractivity contribution in [2.24, 2.45) is 11.7 Å². The Hall–Kier alpha value is -1.20. The van der Waals surface area contributed by atoms with Crippen LogP contribution in [0, 0.1) is 12.8 Å². The van der Waals surface area contributed by atoms with Gasteiger partial charge in [-0.05, 0) is 38.3 Å². The summed E-state index contributed by atoms with van der Waals surface area (Å²) in [5, 5.41) is 4.53. The van der Waals surface area contributed by atoms with Crippen molar-refractivity contribution in [1.82, 2.24) is 9.97 Å². The molecule has 0 saturated heterocycles. The Labute approximate surface area is 112 Å².